The molecule has 1 N–H and O–H groups in total. The number of aromatic nitrogens is 2. The van der Waals surface area contributed by atoms with Crippen LogP contribution in [0, 0.1) is 0 Å². The van der Waals surface area contributed by atoms with Crippen molar-refractivity contribution in [1.82, 2.24) is 15.1 Å². The third-order valence-corrected chi connectivity index (χ3v) is 4.68. The van der Waals surface area contributed by atoms with Gasteiger partial charge in [-0.1, -0.05) is 30.3 Å². The molecule has 0 atom stereocenters. The molecule has 3 aromatic rings. The minimum absolute atomic E-state index is 0.168. The third-order valence-electron chi connectivity index (χ3n) is 3.99. The molecule has 1 amide bonds. The highest BCUT2D eigenvalue weighted by atomic mass is 79.9. The maximum Gasteiger partial charge on any atom is 0.274 e. The molecule has 0 spiro atoms. The van der Waals surface area contributed by atoms with E-state index in [0.717, 1.165) is 9.86 Å². The van der Waals surface area contributed by atoms with Gasteiger partial charge in [0.05, 0.1) is 36.3 Å². The quantitative estimate of drug-likeness (QED) is 0.671. The summed E-state index contributed by atoms with van der Waals surface area (Å²) in [6.45, 7) is 0.952. The number of ether oxygens (including phenoxy) is 1. The minimum atomic E-state index is -0.210. The van der Waals surface area contributed by atoms with Crippen molar-refractivity contribution in [3.05, 3.63) is 74.6 Å². The van der Waals surface area contributed by atoms with Gasteiger partial charge in [0.1, 0.15) is 0 Å². The number of rotatable bonds is 6. The topological polar surface area (TPSA) is 73.2 Å². The van der Waals surface area contributed by atoms with E-state index >= 15 is 0 Å². The van der Waals surface area contributed by atoms with Crippen LogP contribution in [0.15, 0.2) is 57.8 Å². The summed E-state index contributed by atoms with van der Waals surface area (Å²) in [5.74, 6) is -0.210. The Morgan fingerprint density at radius 3 is 2.58 bits per heavy atom. The normalized spacial score (nSPS) is 10.8. The van der Waals surface area contributed by atoms with Gasteiger partial charge in [-0.25, -0.2) is 4.68 Å². The van der Waals surface area contributed by atoms with Crippen molar-refractivity contribution >= 4 is 32.6 Å². The standard InChI is InChI=1S/C19H18BrN3O3/c1-26-11-10-23-19(25)14-7-3-2-6-13(14)17(22-23)12-21-18(24)15-8-4-5-9-16(15)20/h2-9H,10-12H2,1H3,(H,21,24). The number of fused-ring (bicyclic) bond motifs is 1. The second-order valence-corrected chi connectivity index (χ2v) is 6.53. The zero-order valence-electron chi connectivity index (χ0n) is 14.2. The number of nitrogens with one attached hydrogen (secondary N) is 1. The van der Waals surface area contributed by atoms with Gasteiger partial charge in [-0.05, 0) is 34.1 Å². The molecule has 0 fully saturated rings. The molecule has 1 heterocycles. The number of hydrogen-bond donors (Lipinski definition) is 1. The van der Waals surface area contributed by atoms with Crippen molar-refractivity contribution in [2.75, 3.05) is 13.7 Å². The van der Waals surface area contributed by atoms with E-state index in [2.05, 4.69) is 26.3 Å². The first kappa shape index (κ1) is 18.3. The zero-order chi connectivity index (χ0) is 18.5. The Bertz CT molecular complexity index is 1000. The second kappa shape index (κ2) is 8.25. The lowest BCUT2D eigenvalue weighted by atomic mass is 10.1. The van der Waals surface area contributed by atoms with Crippen LogP contribution >= 0.6 is 15.9 Å². The molecule has 0 bridgehead atoms. The van der Waals surface area contributed by atoms with Crippen LogP contribution in [0.5, 0.6) is 0 Å². The molecular weight excluding hydrogens is 398 g/mol. The Morgan fingerprint density at radius 1 is 1.15 bits per heavy atom. The molecule has 7 heteroatoms. The molecule has 0 saturated heterocycles. The predicted octanol–water partition coefficient (Wildman–Crippen LogP) is 2.74. The average molecular weight is 416 g/mol. The lowest BCUT2D eigenvalue weighted by Gasteiger charge is -2.12. The summed E-state index contributed by atoms with van der Waals surface area (Å²) in [4.78, 5) is 25.0. The molecule has 0 unspecified atom stereocenters. The summed E-state index contributed by atoms with van der Waals surface area (Å²) in [5, 5.41) is 8.60. The monoisotopic (exact) mass is 415 g/mol. The van der Waals surface area contributed by atoms with Gasteiger partial charge in [-0.3, -0.25) is 9.59 Å². The van der Waals surface area contributed by atoms with Gasteiger partial charge in [-0.15, -0.1) is 0 Å². The number of carbonyl (C=O) groups is 1. The van der Waals surface area contributed by atoms with E-state index in [0.29, 0.717) is 29.8 Å². The first-order chi connectivity index (χ1) is 12.6. The smallest absolute Gasteiger partial charge is 0.274 e. The number of benzene rings is 2. The fraction of sp³-hybridized carbons (Fsp3) is 0.211. The molecule has 0 aliphatic carbocycles. The molecule has 0 radical (unpaired) electrons. The third kappa shape index (κ3) is 3.84. The Morgan fingerprint density at radius 2 is 1.85 bits per heavy atom. The highest BCUT2D eigenvalue weighted by Crippen LogP contribution is 2.17. The summed E-state index contributed by atoms with van der Waals surface area (Å²) in [5.41, 5.74) is 1.01. The Hall–Kier alpha value is -2.51. The minimum Gasteiger partial charge on any atom is -0.383 e. The van der Waals surface area contributed by atoms with Gasteiger partial charge >= 0.3 is 0 Å². The molecule has 1 aromatic heterocycles. The Balaban J connectivity index is 1.91. The van der Waals surface area contributed by atoms with E-state index in [1.807, 2.05) is 30.3 Å². The van der Waals surface area contributed by atoms with Crippen LogP contribution in [0.25, 0.3) is 10.8 Å². The average Bonchev–Trinajstić information content (AvgIpc) is 2.67. The van der Waals surface area contributed by atoms with Crippen molar-refractivity contribution in [3.8, 4) is 0 Å². The van der Waals surface area contributed by atoms with Crippen LogP contribution in [0.4, 0.5) is 0 Å². The van der Waals surface area contributed by atoms with Crippen LogP contribution in [-0.4, -0.2) is 29.4 Å². The van der Waals surface area contributed by atoms with E-state index in [1.54, 1.807) is 25.3 Å². The van der Waals surface area contributed by atoms with Gasteiger partial charge in [0.25, 0.3) is 11.5 Å². The lowest BCUT2D eigenvalue weighted by Crippen LogP contribution is -2.29. The summed E-state index contributed by atoms with van der Waals surface area (Å²) < 4.78 is 7.15. The number of amides is 1. The van der Waals surface area contributed by atoms with E-state index < -0.39 is 0 Å². The van der Waals surface area contributed by atoms with Crippen molar-refractivity contribution in [2.45, 2.75) is 13.1 Å². The largest absolute Gasteiger partial charge is 0.383 e. The van der Waals surface area contributed by atoms with Crippen LogP contribution in [0.3, 0.4) is 0 Å². The molecular formula is C19H18BrN3O3. The van der Waals surface area contributed by atoms with E-state index in [1.165, 1.54) is 4.68 Å². The first-order valence-electron chi connectivity index (χ1n) is 8.12. The summed E-state index contributed by atoms with van der Waals surface area (Å²) in [6.07, 6.45) is 0. The lowest BCUT2D eigenvalue weighted by molar-refractivity contribution is 0.0949. The second-order valence-electron chi connectivity index (χ2n) is 5.68. The highest BCUT2D eigenvalue weighted by Gasteiger charge is 2.13. The van der Waals surface area contributed by atoms with Gasteiger partial charge < -0.3 is 10.1 Å². The fourth-order valence-electron chi connectivity index (χ4n) is 2.67. The number of nitrogens with zero attached hydrogens (tertiary/aromatic N) is 2. The predicted molar refractivity (Wildman–Crippen MR) is 103 cm³/mol. The molecule has 6 nitrogen and oxygen atoms in total. The van der Waals surface area contributed by atoms with Gasteiger partial charge in [-0.2, -0.15) is 5.10 Å². The number of halogens is 1. The van der Waals surface area contributed by atoms with Gasteiger partial charge in [0.2, 0.25) is 0 Å². The Labute approximate surface area is 158 Å². The first-order valence-corrected chi connectivity index (χ1v) is 8.91. The summed E-state index contributed by atoms with van der Waals surface area (Å²) in [6, 6.07) is 14.5. The van der Waals surface area contributed by atoms with Crippen LogP contribution in [0.1, 0.15) is 16.1 Å². The van der Waals surface area contributed by atoms with Crippen LogP contribution in [-0.2, 0) is 17.8 Å². The number of carbonyl (C=O) groups excluding carboxylic acids is 1. The van der Waals surface area contributed by atoms with Gasteiger partial charge in [0, 0.05) is 17.0 Å². The molecule has 0 aliphatic heterocycles. The molecule has 26 heavy (non-hydrogen) atoms. The van der Waals surface area contributed by atoms with Crippen molar-refractivity contribution < 1.29 is 9.53 Å². The molecule has 0 aliphatic rings. The SMILES string of the molecule is COCCn1nc(CNC(=O)c2ccccc2Br)c2ccccc2c1=O. The maximum atomic E-state index is 12.5. The fourth-order valence-corrected chi connectivity index (χ4v) is 3.13. The highest BCUT2D eigenvalue weighted by molar-refractivity contribution is 9.10. The van der Waals surface area contributed by atoms with E-state index in [4.69, 9.17) is 4.74 Å². The maximum absolute atomic E-state index is 12.5. The van der Waals surface area contributed by atoms with E-state index in [-0.39, 0.29) is 18.0 Å². The molecule has 0 saturated carbocycles. The van der Waals surface area contributed by atoms with Crippen LogP contribution in [0.2, 0.25) is 0 Å². The number of methoxy groups -OCH3 is 1. The summed E-state index contributed by atoms with van der Waals surface area (Å²) in [7, 11) is 1.57. The van der Waals surface area contributed by atoms with Crippen molar-refractivity contribution in [3.63, 3.8) is 0 Å². The molecule has 3 rings (SSSR count). The Kier molecular flexibility index (Phi) is 5.80. The summed E-state index contributed by atoms with van der Waals surface area (Å²) >= 11 is 3.38. The zero-order valence-corrected chi connectivity index (χ0v) is 15.8. The van der Waals surface area contributed by atoms with E-state index in [9.17, 15) is 9.59 Å². The van der Waals surface area contributed by atoms with Crippen molar-refractivity contribution in [2.24, 2.45) is 0 Å². The number of hydrogen-bond acceptors (Lipinski definition) is 4. The van der Waals surface area contributed by atoms with Crippen LogP contribution < -0.4 is 10.9 Å². The van der Waals surface area contributed by atoms with Crippen molar-refractivity contribution in [1.29, 1.82) is 0 Å². The molecule has 134 valence electrons. The molecule has 2 aromatic carbocycles. The van der Waals surface area contributed by atoms with Gasteiger partial charge in [0.15, 0.2) is 0 Å².